The van der Waals surface area contributed by atoms with Crippen molar-refractivity contribution in [2.75, 3.05) is 0 Å². The molecule has 6 nitrogen and oxygen atoms in total. The number of alkyl halides is 3. The van der Waals surface area contributed by atoms with Crippen molar-refractivity contribution in [1.29, 1.82) is 0 Å². The van der Waals surface area contributed by atoms with E-state index in [1.807, 2.05) is 0 Å². The van der Waals surface area contributed by atoms with Gasteiger partial charge in [0, 0.05) is 6.07 Å². The van der Waals surface area contributed by atoms with Crippen LogP contribution in [0.25, 0.3) is 11.2 Å². The molecule has 0 fully saturated rings. The summed E-state index contributed by atoms with van der Waals surface area (Å²) in [6.45, 7) is 0. The summed E-state index contributed by atoms with van der Waals surface area (Å²) in [4.78, 5) is 21.6. The maximum Gasteiger partial charge on any atom is 0.433 e. The fraction of sp³-hybridized carbons (Fsp3) is 0.100. The van der Waals surface area contributed by atoms with E-state index in [1.54, 1.807) is 0 Å². The van der Waals surface area contributed by atoms with Gasteiger partial charge in [-0.25, -0.2) is 24.9 Å². The molecule has 3 aromatic heterocycles. The zero-order valence-electron chi connectivity index (χ0n) is 9.89. The number of hydrogen-bond acceptors (Lipinski definition) is 6. The molecule has 0 radical (unpaired) electrons. The first-order chi connectivity index (χ1) is 9.93. The number of halogens is 4. The van der Waals surface area contributed by atoms with Crippen LogP contribution in [0.4, 0.5) is 13.2 Å². The van der Waals surface area contributed by atoms with Crippen LogP contribution in [-0.2, 0) is 6.18 Å². The SMILES string of the molecule is FC(F)(F)c1cc(Sc2ncnc3nc[nH]c23)nc(Cl)n1. The molecule has 3 heterocycles. The Kier molecular flexibility index (Phi) is 3.41. The van der Waals surface area contributed by atoms with Crippen molar-refractivity contribution in [3.63, 3.8) is 0 Å². The molecule has 1 N–H and O–H groups in total. The van der Waals surface area contributed by atoms with Gasteiger partial charge in [0.2, 0.25) is 5.28 Å². The van der Waals surface area contributed by atoms with Crippen molar-refractivity contribution >= 4 is 34.5 Å². The minimum Gasteiger partial charge on any atom is -0.341 e. The van der Waals surface area contributed by atoms with Gasteiger partial charge in [-0.05, 0) is 23.4 Å². The first-order valence-corrected chi connectivity index (χ1v) is 6.56. The smallest absolute Gasteiger partial charge is 0.341 e. The highest BCUT2D eigenvalue weighted by molar-refractivity contribution is 7.99. The summed E-state index contributed by atoms with van der Waals surface area (Å²) in [7, 11) is 0. The second-order valence-electron chi connectivity index (χ2n) is 3.74. The van der Waals surface area contributed by atoms with E-state index in [2.05, 4.69) is 29.9 Å². The molecule has 21 heavy (non-hydrogen) atoms. The number of hydrogen-bond donors (Lipinski definition) is 1. The summed E-state index contributed by atoms with van der Waals surface area (Å²) >= 11 is 6.44. The lowest BCUT2D eigenvalue weighted by Crippen LogP contribution is -2.09. The highest BCUT2D eigenvalue weighted by atomic mass is 35.5. The quantitative estimate of drug-likeness (QED) is 0.574. The van der Waals surface area contributed by atoms with E-state index in [0.29, 0.717) is 16.2 Å². The summed E-state index contributed by atoms with van der Waals surface area (Å²) in [6.07, 6.45) is -1.92. The average Bonchev–Trinajstić information content (AvgIpc) is 2.86. The Bertz CT molecular complexity index is 805. The van der Waals surface area contributed by atoms with Crippen LogP contribution in [-0.4, -0.2) is 29.9 Å². The Morgan fingerprint density at radius 2 is 1.95 bits per heavy atom. The maximum atomic E-state index is 12.7. The molecule has 0 unspecified atom stereocenters. The van der Waals surface area contributed by atoms with Gasteiger partial charge in [0.15, 0.2) is 11.3 Å². The monoisotopic (exact) mass is 332 g/mol. The second-order valence-corrected chi connectivity index (χ2v) is 5.09. The van der Waals surface area contributed by atoms with Gasteiger partial charge in [-0.15, -0.1) is 0 Å². The van der Waals surface area contributed by atoms with Gasteiger partial charge < -0.3 is 4.98 Å². The van der Waals surface area contributed by atoms with E-state index in [1.165, 1.54) is 12.7 Å². The molecule has 0 aromatic carbocycles. The third-order valence-corrected chi connectivity index (χ3v) is 3.45. The Hall–Kier alpha value is -1.94. The molecule has 0 bridgehead atoms. The fourth-order valence-electron chi connectivity index (χ4n) is 1.51. The molecule has 0 saturated heterocycles. The van der Waals surface area contributed by atoms with Gasteiger partial charge in [-0.2, -0.15) is 13.2 Å². The first kappa shape index (κ1) is 14.0. The van der Waals surface area contributed by atoms with Crippen LogP contribution >= 0.6 is 23.4 Å². The number of imidazole rings is 1. The zero-order valence-corrected chi connectivity index (χ0v) is 11.5. The minimum absolute atomic E-state index is 0.0249. The van der Waals surface area contributed by atoms with Crippen molar-refractivity contribution < 1.29 is 13.2 Å². The summed E-state index contributed by atoms with van der Waals surface area (Å²) in [5, 5.41) is -0.0699. The maximum absolute atomic E-state index is 12.7. The molecule has 0 amide bonds. The van der Waals surface area contributed by atoms with E-state index < -0.39 is 17.2 Å². The predicted octanol–water partition coefficient (Wildman–Crippen LogP) is 2.97. The molecule has 108 valence electrons. The summed E-state index contributed by atoms with van der Waals surface area (Å²) < 4.78 is 38.1. The summed E-state index contributed by atoms with van der Waals surface area (Å²) in [6, 6.07) is 0.806. The average molecular weight is 333 g/mol. The first-order valence-electron chi connectivity index (χ1n) is 5.37. The molecular formula is C10H4ClF3N6S. The summed E-state index contributed by atoms with van der Waals surface area (Å²) in [5.41, 5.74) is -0.200. The van der Waals surface area contributed by atoms with Crippen LogP contribution in [0, 0.1) is 0 Å². The lowest BCUT2D eigenvalue weighted by atomic mass is 10.4. The lowest BCUT2D eigenvalue weighted by molar-refractivity contribution is -0.141. The van der Waals surface area contributed by atoms with Gasteiger partial charge in [0.05, 0.1) is 6.33 Å². The molecule has 0 saturated carbocycles. The number of fused-ring (bicyclic) bond motifs is 1. The van der Waals surface area contributed by atoms with Crippen molar-refractivity contribution in [3.8, 4) is 0 Å². The van der Waals surface area contributed by atoms with Crippen LogP contribution in [0.15, 0.2) is 28.8 Å². The molecule has 11 heteroatoms. The van der Waals surface area contributed by atoms with Crippen LogP contribution in [0.5, 0.6) is 0 Å². The second kappa shape index (κ2) is 5.11. The van der Waals surface area contributed by atoms with Crippen LogP contribution in [0.3, 0.4) is 0 Å². The Morgan fingerprint density at radius 1 is 1.14 bits per heavy atom. The number of H-pyrrole nitrogens is 1. The van der Waals surface area contributed by atoms with Crippen molar-refractivity contribution in [2.45, 2.75) is 16.2 Å². The molecule has 0 aliphatic carbocycles. The van der Waals surface area contributed by atoms with Crippen LogP contribution in [0.1, 0.15) is 5.69 Å². The zero-order chi connectivity index (χ0) is 15.0. The highest BCUT2D eigenvalue weighted by Gasteiger charge is 2.33. The van der Waals surface area contributed by atoms with Gasteiger partial charge in [-0.1, -0.05) is 0 Å². The minimum atomic E-state index is -4.60. The Morgan fingerprint density at radius 3 is 2.71 bits per heavy atom. The van der Waals surface area contributed by atoms with Gasteiger partial charge in [-0.3, -0.25) is 0 Å². The molecule has 0 atom stereocenters. The summed E-state index contributed by atoms with van der Waals surface area (Å²) in [5.74, 6) is 0. The Balaban J connectivity index is 2.02. The Labute approximate surface area is 124 Å². The standard InChI is InChI=1S/C10H4ClF3N6S/c11-9-19-4(10(12,13)14)1-5(20-9)21-8-6-7(16-2-15-6)17-3-18-8/h1-3H,(H,15,16,17,18). The van der Waals surface area contributed by atoms with Gasteiger partial charge >= 0.3 is 6.18 Å². The third kappa shape index (κ3) is 2.90. The topological polar surface area (TPSA) is 80.2 Å². The lowest BCUT2D eigenvalue weighted by Gasteiger charge is -2.07. The number of nitrogens with one attached hydrogen (secondary N) is 1. The largest absolute Gasteiger partial charge is 0.433 e. The van der Waals surface area contributed by atoms with E-state index in [9.17, 15) is 13.2 Å². The van der Waals surface area contributed by atoms with E-state index in [4.69, 9.17) is 11.6 Å². The number of aromatic nitrogens is 6. The fourth-order valence-corrected chi connectivity index (χ4v) is 2.60. The molecule has 3 aromatic rings. The normalized spacial score (nSPS) is 12.0. The van der Waals surface area contributed by atoms with Crippen molar-refractivity contribution in [3.05, 3.63) is 29.7 Å². The molecule has 0 aliphatic heterocycles. The van der Waals surface area contributed by atoms with E-state index >= 15 is 0 Å². The molecule has 0 aliphatic rings. The predicted molar refractivity (Wildman–Crippen MR) is 67.9 cm³/mol. The van der Waals surface area contributed by atoms with E-state index in [-0.39, 0.29) is 5.03 Å². The van der Waals surface area contributed by atoms with Crippen LogP contribution < -0.4 is 0 Å². The van der Waals surface area contributed by atoms with Crippen LogP contribution in [0.2, 0.25) is 5.28 Å². The molecular weight excluding hydrogens is 329 g/mol. The van der Waals surface area contributed by atoms with Gasteiger partial charge in [0.25, 0.3) is 0 Å². The van der Waals surface area contributed by atoms with Gasteiger partial charge in [0.1, 0.15) is 21.9 Å². The van der Waals surface area contributed by atoms with Crippen molar-refractivity contribution in [2.24, 2.45) is 0 Å². The number of nitrogens with zero attached hydrogens (tertiary/aromatic N) is 5. The molecule has 3 rings (SSSR count). The molecule has 0 spiro atoms. The number of rotatable bonds is 2. The third-order valence-electron chi connectivity index (χ3n) is 2.36. The van der Waals surface area contributed by atoms with Crippen molar-refractivity contribution in [1.82, 2.24) is 29.9 Å². The number of aromatic amines is 1. The van der Waals surface area contributed by atoms with E-state index in [0.717, 1.165) is 17.8 Å². The highest BCUT2D eigenvalue weighted by Crippen LogP contribution is 2.33.